The number of carbonyl (C=O) groups is 1. The van der Waals surface area contributed by atoms with Gasteiger partial charge in [0.25, 0.3) is 0 Å². The second kappa shape index (κ2) is 6.15. The second-order valence-corrected chi connectivity index (χ2v) is 6.40. The van der Waals surface area contributed by atoms with Crippen molar-refractivity contribution in [1.82, 2.24) is 0 Å². The summed E-state index contributed by atoms with van der Waals surface area (Å²) < 4.78 is 6.15. The Kier molecular flexibility index (Phi) is 4.72. The normalized spacial score (nSPS) is 34.1. The Balaban J connectivity index is 2.35. The van der Waals surface area contributed by atoms with Crippen molar-refractivity contribution in [2.75, 3.05) is 0 Å². The van der Waals surface area contributed by atoms with Gasteiger partial charge < -0.3 is 4.74 Å². The molecule has 2 aliphatic carbocycles. The molecule has 2 rings (SSSR count). The van der Waals surface area contributed by atoms with E-state index in [0.29, 0.717) is 11.8 Å². The quantitative estimate of drug-likeness (QED) is 0.698. The highest BCUT2D eigenvalue weighted by Crippen LogP contribution is 2.47. The Morgan fingerprint density at radius 1 is 1.50 bits per heavy atom. The van der Waals surface area contributed by atoms with Crippen LogP contribution in [-0.4, -0.2) is 11.6 Å². The van der Waals surface area contributed by atoms with Gasteiger partial charge in [0.05, 0.1) is 5.92 Å². The minimum absolute atomic E-state index is 0.00808. The van der Waals surface area contributed by atoms with Crippen LogP contribution < -0.4 is 0 Å². The molecular weight excluding hydrogens is 248 g/mol. The molecule has 2 aliphatic rings. The highest BCUT2D eigenvalue weighted by molar-refractivity contribution is 5.73. The molecule has 0 aliphatic heterocycles. The van der Waals surface area contributed by atoms with E-state index >= 15 is 0 Å². The predicted molar refractivity (Wildman–Crippen MR) is 82.3 cm³/mol. The lowest BCUT2D eigenvalue weighted by atomic mass is 9.65. The van der Waals surface area contributed by atoms with Gasteiger partial charge in [-0.3, -0.25) is 4.79 Å². The number of rotatable bonds is 4. The van der Waals surface area contributed by atoms with Crippen LogP contribution in [-0.2, 0) is 9.53 Å². The lowest BCUT2D eigenvalue weighted by molar-refractivity contribution is -0.169. The first-order valence-corrected chi connectivity index (χ1v) is 8.16. The van der Waals surface area contributed by atoms with Crippen LogP contribution >= 0.6 is 0 Å². The van der Waals surface area contributed by atoms with E-state index in [1.165, 1.54) is 5.57 Å². The van der Waals surface area contributed by atoms with E-state index in [9.17, 15) is 4.79 Å². The fourth-order valence-corrected chi connectivity index (χ4v) is 3.70. The molecule has 0 saturated carbocycles. The highest BCUT2D eigenvalue weighted by Gasteiger charge is 2.48. The first-order valence-electron chi connectivity index (χ1n) is 8.16. The van der Waals surface area contributed by atoms with E-state index in [2.05, 4.69) is 32.1 Å². The van der Waals surface area contributed by atoms with Crippen molar-refractivity contribution in [3.8, 4) is 0 Å². The predicted octanol–water partition coefficient (Wildman–Crippen LogP) is 4.66. The van der Waals surface area contributed by atoms with Crippen LogP contribution in [0, 0.1) is 17.8 Å². The van der Waals surface area contributed by atoms with E-state index in [1.54, 1.807) is 0 Å². The first-order chi connectivity index (χ1) is 9.55. The molecule has 4 unspecified atom stereocenters. The SMILES string of the molecule is CCC(C)C(=O)OC12CCCC=C1C=CC(C)C2CC. The van der Waals surface area contributed by atoms with Gasteiger partial charge in [-0.25, -0.2) is 0 Å². The molecule has 112 valence electrons. The van der Waals surface area contributed by atoms with Crippen LogP contribution in [0.5, 0.6) is 0 Å². The maximum atomic E-state index is 12.4. The van der Waals surface area contributed by atoms with E-state index < -0.39 is 0 Å². The molecule has 0 saturated heterocycles. The molecule has 0 aromatic heterocycles. The minimum atomic E-state index is -0.359. The van der Waals surface area contributed by atoms with E-state index in [0.717, 1.165) is 32.1 Å². The molecule has 0 fully saturated rings. The highest BCUT2D eigenvalue weighted by atomic mass is 16.6. The number of allylic oxidation sites excluding steroid dienone is 2. The molecule has 0 radical (unpaired) electrons. The van der Waals surface area contributed by atoms with Gasteiger partial charge in [0.15, 0.2) is 0 Å². The third-order valence-electron chi connectivity index (χ3n) is 5.16. The third kappa shape index (κ3) is 2.57. The number of fused-ring (bicyclic) bond motifs is 1. The van der Waals surface area contributed by atoms with E-state index in [4.69, 9.17) is 4.74 Å². The molecule has 2 nitrogen and oxygen atoms in total. The van der Waals surface area contributed by atoms with Gasteiger partial charge in [0.1, 0.15) is 5.60 Å². The average molecular weight is 276 g/mol. The summed E-state index contributed by atoms with van der Waals surface area (Å²) in [5.74, 6) is 0.847. The van der Waals surface area contributed by atoms with Gasteiger partial charge in [-0.05, 0) is 43.6 Å². The first kappa shape index (κ1) is 15.3. The van der Waals surface area contributed by atoms with Crippen LogP contribution in [0.15, 0.2) is 23.8 Å². The molecule has 4 atom stereocenters. The van der Waals surface area contributed by atoms with Crippen LogP contribution in [0.25, 0.3) is 0 Å². The Hall–Kier alpha value is -1.05. The molecule has 0 aromatic rings. The Morgan fingerprint density at radius 2 is 2.25 bits per heavy atom. The summed E-state index contributed by atoms with van der Waals surface area (Å²) in [5.41, 5.74) is 0.882. The zero-order chi connectivity index (χ0) is 14.8. The Morgan fingerprint density at radius 3 is 2.90 bits per heavy atom. The zero-order valence-electron chi connectivity index (χ0n) is 13.3. The smallest absolute Gasteiger partial charge is 0.309 e. The van der Waals surface area contributed by atoms with Crippen molar-refractivity contribution in [2.45, 2.75) is 65.4 Å². The zero-order valence-corrected chi connectivity index (χ0v) is 13.3. The molecule has 0 aromatic carbocycles. The summed E-state index contributed by atoms with van der Waals surface area (Å²) >= 11 is 0. The average Bonchev–Trinajstić information content (AvgIpc) is 2.45. The van der Waals surface area contributed by atoms with Crippen LogP contribution in [0.4, 0.5) is 0 Å². The fourth-order valence-electron chi connectivity index (χ4n) is 3.70. The fraction of sp³-hybridized carbons (Fsp3) is 0.722. The van der Waals surface area contributed by atoms with Crippen molar-refractivity contribution in [3.63, 3.8) is 0 Å². The molecule has 0 spiro atoms. The van der Waals surface area contributed by atoms with Gasteiger partial charge >= 0.3 is 5.97 Å². The van der Waals surface area contributed by atoms with Gasteiger partial charge in [-0.2, -0.15) is 0 Å². The lowest BCUT2D eigenvalue weighted by Gasteiger charge is -2.47. The summed E-state index contributed by atoms with van der Waals surface area (Å²) in [6.07, 6.45) is 11.8. The maximum Gasteiger partial charge on any atom is 0.309 e. The summed E-state index contributed by atoms with van der Waals surface area (Å²) in [7, 11) is 0. The monoisotopic (exact) mass is 276 g/mol. The molecule has 0 heterocycles. The van der Waals surface area contributed by atoms with Gasteiger partial charge in [0.2, 0.25) is 0 Å². The summed E-state index contributed by atoms with van der Waals surface area (Å²) in [5, 5.41) is 0. The topological polar surface area (TPSA) is 26.3 Å². The van der Waals surface area contributed by atoms with Gasteiger partial charge in [-0.15, -0.1) is 0 Å². The molecule has 0 bridgehead atoms. The summed E-state index contributed by atoms with van der Waals surface area (Å²) in [6, 6.07) is 0. The van der Waals surface area contributed by atoms with Crippen molar-refractivity contribution < 1.29 is 9.53 Å². The Bertz CT molecular complexity index is 421. The summed E-state index contributed by atoms with van der Waals surface area (Å²) in [6.45, 7) is 8.47. The van der Waals surface area contributed by atoms with E-state index in [1.807, 2.05) is 13.8 Å². The maximum absolute atomic E-state index is 12.4. The number of esters is 1. The van der Waals surface area contributed by atoms with Crippen LogP contribution in [0.3, 0.4) is 0 Å². The van der Waals surface area contributed by atoms with Gasteiger partial charge in [0, 0.05) is 5.92 Å². The molecule has 2 heteroatoms. The summed E-state index contributed by atoms with van der Waals surface area (Å²) in [4.78, 5) is 12.4. The van der Waals surface area contributed by atoms with Crippen LogP contribution in [0.1, 0.15) is 59.8 Å². The Labute approximate surface area is 123 Å². The lowest BCUT2D eigenvalue weighted by Crippen LogP contribution is -2.49. The van der Waals surface area contributed by atoms with Gasteiger partial charge in [-0.1, -0.05) is 45.9 Å². The number of hydrogen-bond acceptors (Lipinski definition) is 2. The van der Waals surface area contributed by atoms with Crippen molar-refractivity contribution in [1.29, 1.82) is 0 Å². The third-order valence-corrected chi connectivity index (χ3v) is 5.16. The number of ether oxygens (including phenoxy) is 1. The largest absolute Gasteiger partial charge is 0.454 e. The van der Waals surface area contributed by atoms with Crippen molar-refractivity contribution in [3.05, 3.63) is 23.8 Å². The molecule has 0 N–H and O–H groups in total. The minimum Gasteiger partial charge on any atom is -0.454 e. The number of carbonyl (C=O) groups excluding carboxylic acids is 1. The molecule has 20 heavy (non-hydrogen) atoms. The second-order valence-electron chi connectivity index (χ2n) is 6.40. The van der Waals surface area contributed by atoms with E-state index in [-0.39, 0.29) is 17.5 Å². The van der Waals surface area contributed by atoms with Crippen molar-refractivity contribution in [2.24, 2.45) is 17.8 Å². The molecule has 0 amide bonds. The van der Waals surface area contributed by atoms with Crippen LogP contribution in [0.2, 0.25) is 0 Å². The molecular formula is C18H28O2. The standard InChI is InChI=1S/C18H28O2/c1-5-13(3)17(19)20-18-12-8-7-9-15(18)11-10-14(4)16(18)6-2/h9-11,13-14,16H,5-8,12H2,1-4H3. The number of hydrogen-bond donors (Lipinski definition) is 0. The van der Waals surface area contributed by atoms with Crippen molar-refractivity contribution >= 4 is 5.97 Å².